The maximum Gasteiger partial charge on any atom is 0.306 e. The van der Waals surface area contributed by atoms with E-state index in [1.165, 1.54) is 0 Å². The monoisotopic (exact) mass is 763 g/mol. The van der Waals surface area contributed by atoms with E-state index in [9.17, 15) is 27.6 Å². The highest BCUT2D eigenvalue weighted by Gasteiger charge is 2.61. The first kappa shape index (κ1) is 38.3. The van der Waals surface area contributed by atoms with Gasteiger partial charge in [0.15, 0.2) is 5.78 Å². The van der Waals surface area contributed by atoms with Crippen molar-refractivity contribution < 1.29 is 41.8 Å². The van der Waals surface area contributed by atoms with Crippen LogP contribution in [-0.2, 0) is 40.4 Å². The van der Waals surface area contributed by atoms with E-state index < -0.39 is 50.6 Å². The molecular weight excluding hydrogens is 711 g/mol. The summed E-state index contributed by atoms with van der Waals surface area (Å²) in [5, 5.41) is 0.987. The third kappa shape index (κ3) is 7.88. The quantitative estimate of drug-likeness (QED) is 0.257. The van der Waals surface area contributed by atoms with Crippen LogP contribution in [-0.4, -0.2) is 79.5 Å². The third-order valence-electron chi connectivity index (χ3n) is 12.5. The summed E-state index contributed by atoms with van der Waals surface area (Å²) in [6, 6.07) is 4.98. The molecular formula is C41H53N3O9S. The second-order valence-corrected chi connectivity index (χ2v) is 19.0. The molecule has 5 aliphatic rings. The SMILES string of the molecule is C=C[C@@H]1C[C@]1(CC(=O)[C@@H]1C[C@@H]2CN1C(=O)[C@H](C1CCCC1)CC(=O)OCC(C)(C)CCCc1cc(OC)c3ccnc(c3c1)O2)C(=O)NS(=O)(=O)C1CC1. The maximum absolute atomic E-state index is 14.8. The van der Waals surface area contributed by atoms with Crippen LogP contribution in [0.3, 0.4) is 0 Å². The molecule has 3 saturated carbocycles. The van der Waals surface area contributed by atoms with Crippen LogP contribution in [0.1, 0.15) is 96.5 Å². The van der Waals surface area contributed by atoms with E-state index in [1.807, 2.05) is 18.2 Å². The molecule has 2 aliphatic heterocycles. The highest BCUT2D eigenvalue weighted by molar-refractivity contribution is 7.90. The van der Waals surface area contributed by atoms with Gasteiger partial charge in [-0.25, -0.2) is 13.4 Å². The molecule has 5 atom stereocenters. The number of fused-ring (bicyclic) bond motifs is 3. The Morgan fingerprint density at radius 2 is 1.87 bits per heavy atom. The maximum atomic E-state index is 14.8. The summed E-state index contributed by atoms with van der Waals surface area (Å²) in [5.74, 6) is -1.84. The topological polar surface area (TPSA) is 158 Å². The number of aromatic nitrogens is 1. The van der Waals surface area contributed by atoms with Gasteiger partial charge in [0.05, 0.1) is 49.3 Å². The molecule has 54 heavy (non-hydrogen) atoms. The van der Waals surface area contributed by atoms with Crippen molar-refractivity contribution in [1.29, 1.82) is 0 Å². The molecule has 12 nitrogen and oxygen atoms in total. The number of amides is 2. The Labute approximate surface area is 317 Å². The van der Waals surface area contributed by atoms with Crippen LogP contribution in [0, 0.1) is 28.6 Å². The van der Waals surface area contributed by atoms with Gasteiger partial charge in [-0.3, -0.25) is 23.9 Å². The molecule has 2 aromatic rings. The summed E-state index contributed by atoms with van der Waals surface area (Å²) in [5.41, 5.74) is -0.529. The number of carbonyl (C=O) groups is 4. The van der Waals surface area contributed by atoms with Crippen molar-refractivity contribution in [3.05, 3.63) is 42.6 Å². The van der Waals surface area contributed by atoms with Crippen molar-refractivity contribution in [2.24, 2.45) is 28.6 Å². The number of sulfonamides is 1. The molecule has 2 amide bonds. The lowest BCUT2D eigenvalue weighted by atomic mass is 9.85. The highest BCUT2D eigenvalue weighted by atomic mass is 32.2. The number of ether oxygens (including phenoxy) is 3. The third-order valence-corrected chi connectivity index (χ3v) is 14.3. The predicted octanol–water partition coefficient (Wildman–Crippen LogP) is 5.45. The molecule has 3 aliphatic carbocycles. The first-order valence-corrected chi connectivity index (χ1v) is 21.1. The van der Waals surface area contributed by atoms with E-state index in [4.69, 9.17) is 14.2 Å². The predicted molar refractivity (Wildman–Crippen MR) is 201 cm³/mol. The zero-order valence-electron chi connectivity index (χ0n) is 31.6. The summed E-state index contributed by atoms with van der Waals surface area (Å²) in [6.07, 6.45) is 9.60. The second-order valence-electron chi connectivity index (χ2n) is 17.0. The van der Waals surface area contributed by atoms with Gasteiger partial charge in [-0.05, 0) is 92.4 Å². The molecule has 13 heteroatoms. The van der Waals surface area contributed by atoms with Gasteiger partial charge in [-0.1, -0.05) is 32.8 Å². The average Bonchev–Trinajstić information content (AvgIpc) is 4.01. The van der Waals surface area contributed by atoms with Crippen molar-refractivity contribution in [3.8, 4) is 11.6 Å². The molecule has 0 radical (unpaired) electrons. The van der Waals surface area contributed by atoms with E-state index in [-0.39, 0.29) is 67.8 Å². The summed E-state index contributed by atoms with van der Waals surface area (Å²) in [7, 11) is -2.22. The van der Waals surface area contributed by atoms with Crippen LogP contribution in [0.15, 0.2) is 37.1 Å². The number of allylic oxidation sites excluding steroid dienone is 1. The van der Waals surface area contributed by atoms with Crippen LogP contribution >= 0.6 is 0 Å². The van der Waals surface area contributed by atoms with Crippen LogP contribution in [0.5, 0.6) is 11.6 Å². The van der Waals surface area contributed by atoms with Gasteiger partial charge in [-0.2, -0.15) is 0 Å². The van der Waals surface area contributed by atoms with Crippen LogP contribution < -0.4 is 14.2 Å². The number of methoxy groups -OCH3 is 1. The lowest BCUT2D eigenvalue weighted by Crippen LogP contribution is -2.47. The van der Waals surface area contributed by atoms with Crippen molar-refractivity contribution in [3.63, 3.8) is 0 Å². The zero-order valence-corrected chi connectivity index (χ0v) is 32.5. The molecule has 292 valence electrons. The van der Waals surface area contributed by atoms with E-state index in [0.717, 1.165) is 61.3 Å². The molecule has 4 bridgehead atoms. The molecule has 4 fully saturated rings. The van der Waals surface area contributed by atoms with Crippen molar-refractivity contribution >= 4 is 44.4 Å². The molecule has 0 unspecified atom stereocenters. The molecule has 1 aromatic carbocycles. The number of esters is 1. The molecule has 1 saturated heterocycles. The number of Topliss-reactive ketones (excluding diaryl/α,β-unsaturated/α-hetero) is 1. The zero-order chi connectivity index (χ0) is 38.4. The summed E-state index contributed by atoms with van der Waals surface area (Å²) in [4.78, 5) is 62.6. The largest absolute Gasteiger partial charge is 0.496 e. The minimum absolute atomic E-state index is 0.0386. The Kier molecular flexibility index (Phi) is 10.6. The number of nitrogens with one attached hydrogen (secondary N) is 1. The minimum atomic E-state index is -3.84. The number of benzene rings is 1. The minimum Gasteiger partial charge on any atom is -0.496 e. The van der Waals surface area contributed by atoms with Gasteiger partial charge in [0.1, 0.15) is 11.9 Å². The van der Waals surface area contributed by atoms with E-state index in [0.29, 0.717) is 24.5 Å². The molecule has 7 rings (SSSR count). The number of aryl methyl sites for hydroxylation is 1. The number of nitrogens with zero attached hydrogens (tertiary/aromatic N) is 2. The average molecular weight is 764 g/mol. The number of hydrogen-bond donors (Lipinski definition) is 1. The molecule has 1 aromatic heterocycles. The summed E-state index contributed by atoms with van der Waals surface area (Å²) >= 11 is 0. The Hall–Kier alpha value is -4.00. The van der Waals surface area contributed by atoms with Gasteiger partial charge in [-0.15, -0.1) is 6.58 Å². The standard InChI is InChI=1S/C41H53N3O9S/c1-5-27-21-41(27,39(48)43-54(49,50)29-12-13-29)22-34(45)33-19-28-23-44(33)38(47)31(26-10-6-7-11-26)20-36(46)52-24-40(2,3)15-8-9-25-17-32-30(35(18-25)51-4)14-16-42-37(32)53-28/h5,14,16-18,26-29,31,33H,1,6-13,15,19-24H2,2-4H3,(H,43,48)/t27-,28-,31+,33+,41-/m1/s1. The fourth-order valence-corrected chi connectivity index (χ4v) is 10.4. The number of hydrogen-bond acceptors (Lipinski definition) is 10. The van der Waals surface area contributed by atoms with Gasteiger partial charge < -0.3 is 19.1 Å². The normalized spacial score (nSPS) is 29.2. The number of carbonyl (C=O) groups excluding carboxylic acids is 4. The van der Waals surface area contributed by atoms with Gasteiger partial charge >= 0.3 is 5.97 Å². The van der Waals surface area contributed by atoms with Crippen molar-refractivity contribution in [2.75, 3.05) is 20.3 Å². The smallest absolute Gasteiger partial charge is 0.306 e. The van der Waals surface area contributed by atoms with Crippen LogP contribution in [0.25, 0.3) is 10.8 Å². The number of cyclic esters (lactones) is 1. The Morgan fingerprint density at radius 1 is 1.11 bits per heavy atom. The Morgan fingerprint density at radius 3 is 2.56 bits per heavy atom. The highest BCUT2D eigenvalue weighted by Crippen LogP contribution is 2.57. The van der Waals surface area contributed by atoms with Gasteiger partial charge in [0.2, 0.25) is 27.7 Å². The number of ketones is 1. The Balaban J connectivity index is 1.23. The number of rotatable bonds is 9. The molecule has 3 heterocycles. The van der Waals surface area contributed by atoms with Crippen molar-refractivity contribution in [2.45, 2.75) is 115 Å². The van der Waals surface area contributed by atoms with Gasteiger partial charge in [0.25, 0.3) is 0 Å². The van der Waals surface area contributed by atoms with E-state index >= 15 is 0 Å². The lowest BCUT2D eigenvalue weighted by molar-refractivity contribution is -0.153. The fraction of sp³-hybridized carbons (Fsp3) is 0.634. The van der Waals surface area contributed by atoms with E-state index in [1.54, 1.807) is 24.3 Å². The summed E-state index contributed by atoms with van der Waals surface area (Å²) in [6.45, 7) is 8.28. The molecule has 1 N–H and O–H groups in total. The van der Waals surface area contributed by atoms with Crippen molar-refractivity contribution in [1.82, 2.24) is 14.6 Å². The van der Waals surface area contributed by atoms with Crippen LogP contribution in [0.4, 0.5) is 0 Å². The van der Waals surface area contributed by atoms with Gasteiger partial charge in [0, 0.05) is 29.8 Å². The van der Waals surface area contributed by atoms with Crippen LogP contribution in [0.2, 0.25) is 0 Å². The Bertz CT molecular complexity index is 1940. The second kappa shape index (κ2) is 14.9. The number of pyridine rings is 1. The fourth-order valence-electron chi connectivity index (χ4n) is 8.97. The first-order valence-electron chi connectivity index (χ1n) is 19.5. The lowest BCUT2D eigenvalue weighted by Gasteiger charge is -2.31. The summed E-state index contributed by atoms with van der Waals surface area (Å²) < 4.78 is 46.1. The first-order chi connectivity index (χ1) is 25.7. The van der Waals surface area contributed by atoms with E-state index in [2.05, 4.69) is 30.1 Å². The molecule has 0 spiro atoms.